The lowest BCUT2D eigenvalue weighted by Gasteiger charge is -2.27. The molecule has 0 radical (unpaired) electrons. The van der Waals surface area contributed by atoms with Gasteiger partial charge in [-0.15, -0.1) is 12.4 Å². The Morgan fingerprint density at radius 3 is 2.46 bits per heavy atom. The lowest BCUT2D eigenvalue weighted by Crippen LogP contribution is -2.26. The summed E-state index contributed by atoms with van der Waals surface area (Å²) in [5.41, 5.74) is 2.97. The van der Waals surface area contributed by atoms with E-state index in [9.17, 15) is 0 Å². The van der Waals surface area contributed by atoms with Crippen LogP contribution in [0.15, 0.2) is 30.3 Å². The predicted octanol–water partition coefficient (Wildman–Crippen LogP) is 4.84. The second kappa shape index (κ2) is 7.62. The number of anilines is 1. The van der Waals surface area contributed by atoms with Crippen LogP contribution in [0.2, 0.25) is 0 Å². The summed E-state index contributed by atoms with van der Waals surface area (Å²) in [7, 11) is 0. The quantitative estimate of drug-likeness (QED) is 0.715. The maximum absolute atomic E-state index is 4.84. The fraction of sp³-hybridized carbons (Fsp3) is 0.450. The number of rotatable bonds is 3. The minimum atomic E-state index is 0. The molecular formula is C20H26ClN5. The Balaban J connectivity index is 0.00000196. The van der Waals surface area contributed by atoms with E-state index in [1.54, 1.807) is 0 Å². The third-order valence-corrected chi connectivity index (χ3v) is 5.15. The van der Waals surface area contributed by atoms with Gasteiger partial charge in [-0.3, -0.25) is 0 Å². The standard InChI is InChI=1S/C20H25N5.ClH/c1-13-8-10-16(11-9-13)21-19-17-6-4-5-7-18(17)22-20(23-19)25-15(3)12-14(2)24-25;/h4-7,12-13,16H,8-11H2,1-3H3,(H,21,22,23);1H. The van der Waals surface area contributed by atoms with Gasteiger partial charge in [-0.25, -0.2) is 9.67 Å². The summed E-state index contributed by atoms with van der Waals surface area (Å²) in [6.45, 7) is 6.37. The van der Waals surface area contributed by atoms with Gasteiger partial charge in [0.2, 0.25) is 0 Å². The van der Waals surface area contributed by atoms with E-state index >= 15 is 0 Å². The Bertz CT molecular complexity index is 896. The highest BCUT2D eigenvalue weighted by Crippen LogP contribution is 2.28. The van der Waals surface area contributed by atoms with Crippen LogP contribution in [0.4, 0.5) is 5.82 Å². The zero-order valence-electron chi connectivity index (χ0n) is 15.6. The van der Waals surface area contributed by atoms with Gasteiger partial charge in [-0.2, -0.15) is 10.1 Å². The van der Waals surface area contributed by atoms with Crippen LogP contribution in [0.25, 0.3) is 16.9 Å². The Morgan fingerprint density at radius 2 is 1.77 bits per heavy atom. The Kier molecular flexibility index (Phi) is 5.47. The summed E-state index contributed by atoms with van der Waals surface area (Å²) in [6.07, 6.45) is 4.97. The van der Waals surface area contributed by atoms with Crippen LogP contribution < -0.4 is 5.32 Å². The molecule has 1 aromatic carbocycles. The number of aromatic nitrogens is 4. The van der Waals surface area contributed by atoms with Crippen molar-refractivity contribution in [3.63, 3.8) is 0 Å². The minimum Gasteiger partial charge on any atom is -0.367 e. The number of hydrogen-bond donors (Lipinski definition) is 1. The first-order valence-electron chi connectivity index (χ1n) is 9.17. The molecule has 0 atom stereocenters. The molecule has 26 heavy (non-hydrogen) atoms. The van der Waals surface area contributed by atoms with Crippen LogP contribution >= 0.6 is 12.4 Å². The SMILES string of the molecule is Cc1cc(C)n(-c2nc(NC3CCC(C)CC3)c3ccccc3n2)n1.Cl. The smallest absolute Gasteiger partial charge is 0.253 e. The molecule has 4 rings (SSSR count). The van der Waals surface area contributed by atoms with Gasteiger partial charge in [-0.05, 0) is 63.6 Å². The summed E-state index contributed by atoms with van der Waals surface area (Å²) in [4.78, 5) is 9.57. The molecule has 1 fully saturated rings. The first-order valence-corrected chi connectivity index (χ1v) is 9.17. The van der Waals surface area contributed by atoms with E-state index in [0.29, 0.717) is 12.0 Å². The van der Waals surface area contributed by atoms with Gasteiger partial charge in [0.05, 0.1) is 11.2 Å². The molecule has 0 amide bonds. The van der Waals surface area contributed by atoms with Crippen LogP contribution in [-0.2, 0) is 0 Å². The zero-order valence-corrected chi connectivity index (χ0v) is 16.4. The molecule has 1 aliphatic rings. The Morgan fingerprint density at radius 1 is 1.04 bits per heavy atom. The third-order valence-electron chi connectivity index (χ3n) is 5.15. The lowest BCUT2D eigenvalue weighted by atomic mass is 9.87. The van der Waals surface area contributed by atoms with E-state index in [1.165, 1.54) is 25.7 Å². The molecule has 5 nitrogen and oxygen atoms in total. The van der Waals surface area contributed by atoms with Gasteiger partial charge in [0, 0.05) is 17.1 Å². The average Bonchev–Trinajstić information content (AvgIpc) is 2.95. The molecule has 2 aromatic heterocycles. The fourth-order valence-electron chi connectivity index (χ4n) is 3.70. The van der Waals surface area contributed by atoms with Crippen molar-refractivity contribution in [3.05, 3.63) is 41.7 Å². The lowest BCUT2D eigenvalue weighted by molar-refractivity contribution is 0.361. The van der Waals surface area contributed by atoms with E-state index in [0.717, 1.165) is 34.0 Å². The number of benzene rings is 1. The van der Waals surface area contributed by atoms with Crippen molar-refractivity contribution in [1.82, 2.24) is 19.7 Å². The molecule has 1 aliphatic carbocycles. The van der Waals surface area contributed by atoms with Crippen LogP contribution in [0.5, 0.6) is 0 Å². The summed E-state index contributed by atoms with van der Waals surface area (Å²) in [5, 5.41) is 9.31. The molecule has 2 heterocycles. The molecule has 6 heteroatoms. The van der Waals surface area contributed by atoms with Gasteiger partial charge in [0.1, 0.15) is 5.82 Å². The highest BCUT2D eigenvalue weighted by atomic mass is 35.5. The topological polar surface area (TPSA) is 55.6 Å². The first kappa shape index (κ1) is 18.6. The van der Waals surface area contributed by atoms with Gasteiger partial charge < -0.3 is 5.32 Å². The second-order valence-corrected chi connectivity index (χ2v) is 7.33. The van der Waals surface area contributed by atoms with Crippen molar-refractivity contribution in [1.29, 1.82) is 0 Å². The van der Waals surface area contributed by atoms with Gasteiger partial charge in [0.25, 0.3) is 5.95 Å². The predicted molar refractivity (Wildman–Crippen MR) is 108 cm³/mol. The summed E-state index contributed by atoms with van der Waals surface area (Å²) < 4.78 is 1.83. The number of nitrogens with one attached hydrogen (secondary N) is 1. The van der Waals surface area contributed by atoms with E-state index in [4.69, 9.17) is 9.97 Å². The zero-order chi connectivity index (χ0) is 17.4. The van der Waals surface area contributed by atoms with E-state index in [1.807, 2.05) is 42.8 Å². The van der Waals surface area contributed by atoms with Crippen LogP contribution in [-0.4, -0.2) is 25.8 Å². The fourth-order valence-corrected chi connectivity index (χ4v) is 3.70. The number of para-hydroxylation sites is 1. The highest BCUT2D eigenvalue weighted by Gasteiger charge is 2.20. The Hall–Kier alpha value is -2.14. The monoisotopic (exact) mass is 371 g/mol. The van der Waals surface area contributed by atoms with Gasteiger partial charge >= 0.3 is 0 Å². The molecule has 1 N–H and O–H groups in total. The van der Waals surface area contributed by atoms with E-state index in [2.05, 4.69) is 23.4 Å². The maximum Gasteiger partial charge on any atom is 0.253 e. The second-order valence-electron chi connectivity index (χ2n) is 7.33. The molecule has 1 saturated carbocycles. The number of halogens is 1. The minimum absolute atomic E-state index is 0. The number of aryl methyl sites for hydroxylation is 2. The number of nitrogens with zero attached hydrogens (tertiary/aromatic N) is 4. The molecular weight excluding hydrogens is 346 g/mol. The largest absolute Gasteiger partial charge is 0.367 e. The normalized spacial score (nSPS) is 20.0. The summed E-state index contributed by atoms with van der Waals surface area (Å²) >= 11 is 0. The highest BCUT2D eigenvalue weighted by molar-refractivity contribution is 5.89. The van der Waals surface area contributed by atoms with Crippen molar-refractivity contribution < 1.29 is 0 Å². The molecule has 0 unspecified atom stereocenters. The summed E-state index contributed by atoms with van der Waals surface area (Å²) in [5.74, 6) is 2.40. The molecule has 3 aromatic rings. The number of fused-ring (bicyclic) bond motifs is 1. The van der Waals surface area contributed by atoms with Crippen molar-refractivity contribution in [2.75, 3.05) is 5.32 Å². The molecule has 0 bridgehead atoms. The van der Waals surface area contributed by atoms with Crippen molar-refractivity contribution in [3.8, 4) is 5.95 Å². The molecule has 0 spiro atoms. The summed E-state index contributed by atoms with van der Waals surface area (Å²) in [6, 6.07) is 10.7. The van der Waals surface area contributed by atoms with Crippen molar-refractivity contribution >= 4 is 29.1 Å². The molecule has 138 valence electrons. The van der Waals surface area contributed by atoms with E-state index < -0.39 is 0 Å². The average molecular weight is 372 g/mol. The van der Waals surface area contributed by atoms with E-state index in [-0.39, 0.29) is 12.4 Å². The maximum atomic E-state index is 4.84. The van der Waals surface area contributed by atoms with Crippen molar-refractivity contribution in [2.24, 2.45) is 5.92 Å². The first-order chi connectivity index (χ1) is 12.1. The molecule has 0 aliphatic heterocycles. The van der Waals surface area contributed by atoms with Crippen molar-refractivity contribution in [2.45, 2.75) is 52.5 Å². The molecule has 0 saturated heterocycles. The van der Waals surface area contributed by atoms with Gasteiger partial charge in [0.15, 0.2) is 0 Å². The third kappa shape index (κ3) is 3.68. The van der Waals surface area contributed by atoms with Crippen LogP contribution in [0.3, 0.4) is 0 Å². The van der Waals surface area contributed by atoms with Gasteiger partial charge in [-0.1, -0.05) is 19.1 Å². The van der Waals surface area contributed by atoms with Crippen LogP contribution in [0, 0.1) is 19.8 Å². The Labute approximate surface area is 160 Å². The number of hydrogen-bond acceptors (Lipinski definition) is 4. The van der Waals surface area contributed by atoms with Crippen LogP contribution in [0.1, 0.15) is 44.0 Å².